The highest BCUT2D eigenvalue weighted by molar-refractivity contribution is 5.85. The molecule has 3 rings (SSSR count). The molecule has 0 aliphatic carbocycles. The normalized spacial score (nSPS) is 17.5. The standard InChI is InChI=1S/C16H22N4O2.ClH/c1-18-13-6-2-3-7-14(13)20(16(18)22)10-8-15(21)19-9-4-5-12(19)11-17;/h2-3,6-7,12H,4-5,8-11,17H2,1H3;1H. The number of nitrogens with two attached hydrogens (primary N) is 1. The fourth-order valence-corrected chi connectivity index (χ4v) is 3.34. The highest BCUT2D eigenvalue weighted by Crippen LogP contribution is 2.18. The number of imidazole rings is 1. The van der Waals surface area contributed by atoms with E-state index in [9.17, 15) is 9.59 Å². The Kier molecular flexibility index (Phi) is 5.49. The van der Waals surface area contributed by atoms with Crippen LogP contribution in [0.1, 0.15) is 19.3 Å². The molecule has 1 fully saturated rings. The van der Waals surface area contributed by atoms with Crippen molar-refractivity contribution in [2.24, 2.45) is 12.8 Å². The lowest BCUT2D eigenvalue weighted by atomic mass is 10.2. The van der Waals surface area contributed by atoms with E-state index < -0.39 is 0 Å². The van der Waals surface area contributed by atoms with Crippen molar-refractivity contribution in [2.45, 2.75) is 31.8 Å². The zero-order valence-corrected chi connectivity index (χ0v) is 14.1. The quantitative estimate of drug-likeness (QED) is 0.907. The van der Waals surface area contributed by atoms with Gasteiger partial charge in [-0.25, -0.2) is 4.79 Å². The first kappa shape index (κ1) is 17.6. The summed E-state index contributed by atoms with van der Waals surface area (Å²) in [5.74, 6) is 0.0905. The molecular formula is C16H23ClN4O2. The highest BCUT2D eigenvalue weighted by atomic mass is 35.5. The Morgan fingerprint density at radius 1 is 1.30 bits per heavy atom. The Balaban J connectivity index is 0.00000192. The van der Waals surface area contributed by atoms with Crippen LogP contribution in [0.3, 0.4) is 0 Å². The van der Waals surface area contributed by atoms with Crippen LogP contribution in [-0.4, -0.2) is 39.1 Å². The van der Waals surface area contributed by atoms with E-state index in [4.69, 9.17) is 5.73 Å². The smallest absolute Gasteiger partial charge is 0.328 e. The summed E-state index contributed by atoms with van der Waals surface area (Å²) >= 11 is 0. The topological polar surface area (TPSA) is 73.3 Å². The third kappa shape index (κ3) is 3.14. The van der Waals surface area contributed by atoms with Crippen molar-refractivity contribution < 1.29 is 4.79 Å². The SMILES string of the molecule is Cl.Cn1c(=O)n(CCC(=O)N2CCCC2CN)c2ccccc21. The maximum absolute atomic E-state index is 12.4. The average molecular weight is 339 g/mol. The van der Waals surface area contributed by atoms with E-state index in [1.54, 1.807) is 16.2 Å². The molecule has 7 heteroatoms. The molecule has 1 amide bonds. The van der Waals surface area contributed by atoms with Crippen molar-refractivity contribution >= 4 is 29.3 Å². The zero-order chi connectivity index (χ0) is 15.7. The summed E-state index contributed by atoms with van der Waals surface area (Å²) in [6.07, 6.45) is 2.34. The van der Waals surface area contributed by atoms with Crippen molar-refractivity contribution in [1.82, 2.24) is 14.0 Å². The van der Waals surface area contributed by atoms with Crippen LogP contribution in [0, 0.1) is 0 Å². The second-order valence-electron chi connectivity index (χ2n) is 5.85. The first-order valence-corrected chi connectivity index (χ1v) is 7.77. The maximum Gasteiger partial charge on any atom is 0.328 e. The van der Waals surface area contributed by atoms with Crippen LogP contribution in [-0.2, 0) is 18.4 Å². The Morgan fingerprint density at radius 3 is 2.70 bits per heavy atom. The lowest BCUT2D eigenvalue weighted by molar-refractivity contribution is -0.132. The minimum atomic E-state index is -0.0780. The number of halogens is 1. The summed E-state index contributed by atoms with van der Waals surface area (Å²) in [4.78, 5) is 26.6. The molecule has 1 aliphatic rings. The van der Waals surface area contributed by atoms with Crippen LogP contribution in [0.5, 0.6) is 0 Å². The van der Waals surface area contributed by atoms with E-state index in [2.05, 4.69) is 0 Å². The van der Waals surface area contributed by atoms with Gasteiger partial charge >= 0.3 is 5.69 Å². The van der Waals surface area contributed by atoms with Crippen molar-refractivity contribution in [1.29, 1.82) is 0 Å². The van der Waals surface area contributed by atoms with Gasteiger partial charge in [-0.1, -0.05) is 12.1 Å². The largest absolute Gasteiger partial charge is 0.338 e. The van der Waals surface area contributed by atoms with E-state index >= 15 is 0 Å². The van der Waals surface area contributed by atoms with Gasteiger partial charge in [0.25, 0.3) is 0 Å². The van der Waals surface area contributed by atoms with Crippen LogP contribution >= 0.6 is 12.4 Å². The van der Waals surface area contributed by atoms with Gasteiger partial charge in [-0.2, -0.15) is 0 Å². The Hall–Kier alpha value is -1.79. The molecule has 0 spiro atoms. The Labute approximate surface area is 141 Å². The van der Waals surface area contributed by atoms with Crippen molar-refractivity contribution in [3.8, 4) is 0 Å². The van der Waals surface area contributed by atoms with Crippen LogP contribution in [0.2, 0.25) is 0 Å². The molecule has 1 aliphatic heterocycles. The molecule has 2 aromatic rings. The number of fused-ring (bicyclic) bond motifs is 1. The number of hydrogen-bond acceptors (Lipinski definition) is 3. The van der Waals surface area contributed by atoms with Crippen LogP contribution in [0.25, 0.3) is 11.0 Å². The number of likely N-dealkylation sites (tertiary alicyclic amines) is 1. The first-order valence-electron chi connectivity index (χ1n) is 7.77. The van der Waals surface area contributed by atoms with Crippen molar-refractivity contribution in [2.75, 3.05) is 13.1 Å². The molecule has 0 saturated carbocycles. The first-order chi connectivity index (χ1) is 10.6. The summed E-state index contributed by atoms with van der Waals surface area (Å²) in [7, 11) is 1.76. The predicted molar refractivity (Wildman–Crippen MR) is 92.8 cm³/mol. The van der Waals surface area contributed by atoms with Gasteiger partial charge in [0.2, 0.25) is 5.91 Å². The summed E-state index contributed by atoms with van der Waals surface area (Å²) in [5.41, 5.74) is 7.41. The summed E-state index contributed by atoms with van der Waals surface area (Å²) < 4.78 is 3.30. The molecule has 6 nitrogen and oxygen atoms in total. The number of amides is 1. The molecular weight excluding hydrogens is 316 g/mol. The van der Waals surface area contributed by atoms with Crippen LogP contribution < -0.4 is 11.4 Å². The van der Waals surface area contributed by atoms with E-state index in [0.29, 0.717) is 19.5 Å². The lowest BCUT2D eigenvalue weighted by Gasteiger charge is -2.23. The molecule has 0 bridgehead atoms. The van der Waals surface area contributed by atoms with Gasteiger partial charge in [0, 0.05) is 39.1 Å². The second kappa shape index (κ2) is 7.19. The number of aromatic nitrogens is 2. The fourth-order valence-electron chi connectivity index (χ4n) is 3.34. The number of nitrogens with zero attached hydrogens (tertiary/aromatic N) is 3. The third-order valence-electron chi connectivity index (χ3n) is 4.57. The number of aryl methyl sites for hydroxylation is 2. The molecule has 1 aromatic heterocycles. The minimum Gasteiger partial charge on any atom is -0.338 e. The predicted octanol–water partition coefficient (Wildman–Crippen LogP) is 1.10. The molecule has 1 unspecified atom stereocenters. The minimum absolute atomic E-state index is 0. The van der Waals surface area contributed by atoms with Gasteiger partial charge in [-0.15, -0.1) is 12.4 Å². The molecule has 2 heterocycles. The molecule has 1 aromatic carbocycles. The van der Waals surface area contributed by atoms with E-state index in [-0.39, 0.29) is 30.0 Å². The van der Waals surface area contributed by atoms with Crippen molar-refractivity contribution in [3.05, 3.63) is 34.7 Å². The van der Waals surface area contributed by atoms with Gasteiger partial charge < -0.3 is 10.6 Å². The fraction of sp³-hybridized carbons (Fsp3) is 0.500. The molecule has 0 radical (unpaired) electrons. The second-order valence-corrected chi connectivity index (χ2v) is 5.85. The third-order valence-corrected chi connectivity index (χ3v) is 4.57. The lowest BCUT2D eigenvalue weighted by Crippen LogP contribution is -2.40. The maximum atomic E-state index is 12.4. The number of rotatable bonds is 4. The summed E-state index contributed by atoms with van der Waals surface area (Å²) in [5, 5.41) is 0. The Morgan fingerprint density at radius 2 is 2.00 bits per heavy atom. The highest BCUT2D eigenvalue weighted by Gasteiger charge is 2.27. The van der Waals surface area contributed by atoms with E-state index in [1.165, 1.54) is 0 Å². The van der Waals surface area contributed by atoms with Gasteiger partial charge in [-0.05, 0) is 25.0 Å². The molecule has 2 N–H and O–H groups in total. The van der Waals surface area contributed by atoms with E-state index in [1.807, 2.05) is 29.2 Å². The number of benzene rings is 1. The van der Waals surface area contributed by atoms with Crippen molar-refractivity contribution in [3.63, 3.8) is 0 Å². The molecule has 1 atom stereocenters. The number of para-hydroxylation sites is 2. The zero-order valence-electron chi connectivity index (χ0n) is 13.3. The summed E-state index contributed by atoms with van der Waals surface area (Å²) in [6, 6.07) is 7.81. The van der Waals surface area contributed by atoms with Gasteiger partial charge in [-0.3, -0.25) is 13.9 Å². The number of hydrogen-bond donors (Lipinski definition) is 1. The van der Waals surface area contributed by atoms with Gasteiger partial charge in [0.1, 0.15) is 0 Å². The van der Waals surface area contributed by atoms with Crippen LogP contribution in [0.4, 0.5) is 0 Å². The van der Waals surface area contributed by atoms with E-state index in [0.717, 1.165) is 30.4 Å². The molecule has 23 heavy (non-hydrogen) atoms. The Bertz CT molecular complexity index is 752. The monoisotopic (exact) mass is 338 g/mol. The molecule has 1 saturated heterocycles. The molecule has 126 valence electrons. The average Bonchev–Trinajstić information content (AvgIpc) is 3.11. The van der Waals surface area contributed by atoms with Gasteiger partial charge in [0.05, 0.1) is 11.0 Å². The van der Waals surface area contributed by atoms with Gasteiger partial charge in [0.15, 0.2) is 0 Å². The number of carbonyl (C=O) groups is 1. The van der Waals surface area contributed by atoms with Crippen LogP contribution in [0.15, 0.2) is 29.1 Å². The summed E-state index contributed by atoms with van der Waals surface area (Å²) in [6.45, 7) is 1.71. The number of carbonyl (C=O) groups excluding carboxylic acids is 1.